The van der Waals surface area contributed by atoms with Gasteiger partial charge in [-0.25, -0.2) is 0 Å². The van der Waals surface area contributed by atoms with Gasteiger partial charge in [0.05, 0.1) is 0 Å². The van der Waals surface area contributed by atoms with Crippen molar-refractivity contribution in [3.8, 4) is 0 Å². The largest absolute Gasteiger partial charge is 0.500 e. The highest BCUT2D eigenvalue weighted by molar-refractivity contribution is 7.80. The molecule has 1 aromatic carbocycles. The molecule has 0 spiro atoms. The first-order valence-corrected chi connectivity index (χ1v) is 9.83. The summed E-state index contributed by atoms with van der Waals surface area (Å²) in [5.41, 5.74) is 0. The summed E-state index contributed by atoms with van der Waals surface area (Å²) in [6.45, 7) is 7.87. The van der Waals surface area contributed by atoms with Gasteiger partial charge in [-0.2, -0.15) is 12.6 Å². The highest BCUT2D eigenvalue weighted by Gasteiger charge is 2.39. The van der Waals surface area contributed by atoms with Crippen molar-refractivity contribution in [2.24, 2.45) is 0 Å². The van der Waals surface area contributed by atoms with Crippen LogP contribution >= 0.6 is 12.6 Å². The van der Waals surface area contributed by atoms with E-state index in [4.69, 9.17) is 13.3 Å². The molecule has 0 atom stereocenters. The SMILES string of the molecule is CCO[Si](CCCS)(OCC)OCC.c1ccccc1. The summed E-state index contributed by atoms with van der Waals surface area (Å²) >= 11 is 4.19. The van der Waals surface area contributed by atoms with Crippen molar-refractivity contribution in [1.29, 1.82) is 0 Å². The van der Waals surface area contributed by atoms with Crippen molar-refractivity contribution in [1.82, 2.24) is 0 Å². The smallest absolute Gasteiger partial charge is 0.374 e. The molecule has 20 heavy (non-hydrogen) atoms. The summed E-state index contributed by atoms with van der Waals surface area (Å²) in [5, 5.41) is 0. The van der Waals surface area contributed by atoms with E-state index in [-0.39, 0.29) is 0 Å². The third-order valence-corrected chi connectivity index (χ3v) is 5.87. The van der Waals surface area contributed by atoms with E-state index in [1.807, 2.05) is 57.2 Å². The average Bonchev–Trinajstić information content (AvgIpc) is 2.48. The molecule has 116 valence electrons. The molecule has 0 saturated carbocycles. The fraction of sp³-hybridized carbons (Fsp3) is 0.600. The lowest BCUT2D eigenvalue weighted by Gasteiger charge is -2.28. The second-order valence-corrected chi connectivity index (χ2v) is 7.14. The van der Waals surface area contributed by atoms with Gasteiger partial charge in [0, 0.05) is 25.9 Å². The summed E-state index contributed by atoms with van der Waals surface area (Å²) in [4.78, 5) is 0. The van der Waals surface area contributed by atoms with E-state index in [0.29, 0.717) is 19.8 Å². The van der Waals surface area contributed by atoms with Crippen molar-refractivity contribution in [3.05, 3.63) is 36.4 Å². The zero-order valence-corrected chi connectivity index (χ0v) is 14.8. The van der Waals surface area contributed by atoms with E-state index >= 15 is 0 Å². The molecule has 0 radical (unpaired) electrons. The molecule has 0 heterocycles. The predicted molar refractivity (Wildman–Crippen MR) is 90.4 cm³/mol. The molecule has 0 amide bonds. The zero-order valence-electron chi connectivity index (χ0n) is 12.9. The normalized spacial score (nSPS) is 10.8. The maximum Gasteiger partial charge on any atom is 0.500 e. The summed E-state index contributed by atoms with van der Waals surface area (Å²) in [6, 6.07) is 12.9. The van der Waals surface area contributed by atoms with Crippen LogP contribution in [0, 0.1) is 0 Å². The van der Waals surface area contributed by atoms with E-state index in [2.05, 4.69) is 12.6 Å². The molecule has 0 N–H and O–H groups in total. The quantitative estimate of drug-likeness (QED) is 0.550. The molecule has 0 fully saturated rings. The maximum atomic E-state index is 5.67. The van der Waals surface area contributed by atoms with E-state index < -0.39 is 8.80 Å². The van der Waals surface area contributed by atoms with Crippen molar-refractivity contribution in [3.63, 3.8) is 0 Å². The number of rotatable bonds is 9. The fourth-order valence-electron chi connectivity index (χ4n) is 1.68. The summed E-state index contributed by atoms with van der Waals surface area (Å²) in [5.74, 6) is 0.849. The molecule has 1 aromatic rings. The number of hydrogen-bond donors (Lipinski definition) is 1. The van der Waals surface area contributed by atoms with E-state index in [1.165, 1.54) is 0 Å². The van der Waals surface area contributed by atoms with Gasteiger partial charge in [-0.15, -0.1) is 0 Å². The van der Waals surface area contributed by atoms with Crippen LogP contribution in [-0.2, 0) is 13.3 Å². The lowest BCUT2D eigenvalue weighted by molar-refractivity contribution is 0.0712. The van der Waals surface area contributed by atoms with Crippen molar-refractivity contribution < 1.29 is 13.3 Å². The van der Waals surface area contributed by atoms with Gasteiger partial charge in [0.2, 0.25) is 0 Å². The maximum absolute atomic E-state index is 5.67. The topological polar surface area (TPSA) is 27.7 Å². The Kier molecular flexibility index (Phi) is 13.4. The Labute approximate surface area is 130 Å². The van der Waals surface area contributed by atoms with Crippen LogP contribution in [0.15, 0.2) is 36.4 Å². The number of thiol groups is 1. The van der Waals surface area contributed by atoms with Crippen LogP contribution in [0.1, 0.15) is 27.2 Å². The minimum absolute atomic E-state index is 0.652. The highest BCUT2D eigenvalue weighted by atomic mass is 32.1. The average molecular weight is 317 g/mol. The summed E-state index contributed by atoms with van der Waals surface area (Å²) in [7, 11) is -2.37. The Morgan fingerprint density at radius 1 is 0.750 bits per heavy atom. The van der Waals surface area contributed by atoms with Crippen LogP contribution < -0.4 is 0 Å². The highest BCUT2D eigenvalue weighted by Crippen LogP contribution is 2.18. The monoisotopic (exact) mass is 316 g/mol. The van der Waals surface area contributed by atoms with E-state index in [0.717, 1.165) is 18.2 Å². The van der Waals surface area contributed by atoms with Gasteiger partial charge in [-0.3, -0.25) is 0 Å². The molecule has 0 bridgehead atoms. The molecule has 5 heteroatoms. The Morgan fingerprint density at radius 2 is 1.10 bits per heavy atom. The summed E-state index contributed by atoms with van der Waals surface area (Å²) in [6.07, 6.45) is 0.981. The molecule has 0 aliphatic heterocycles. The van der Waals surface area contributed by atoms with E-state index in [1.54, 1.807) is 0 Å². The van der Waals surface area contributed by atoms with Gasteiger partial charge >= 0.3 is 8.80 Å². The van der Waals surface area contributed by atoms with Gasteiger partial charge in [0.15, 0.2) is 0 Å². The van der Waals surface area contributed by atoms with Gasteiger partial charge in [0.1, 0.15) is 0 Å². The van der Waals surface area contributed by atoms with Gasteiger partial charge in [-0.1, -0.05) is 36.4 Å². The fourth-order valence-corrected chi connectivity index (χ4v) is 4.75. The molecular weight excluding hydrogens is 288 g/mol. The number of benzene rings is 1. The number of hydrogen-bond acceptors (Lipinski definition) is 4. The molecule has 0 aliphatic carbocycles. The Hall–Kier alpha value is -0.333. The molecule has 0 saturated heterocycles. The Balaban J connectivity index is 0.000000493. The van der Waals surface area contributed by atoms with Crippen molar-refractivity contribution in [2.45, 2.75) is 33.2 Å². The van der Waals surface area contributed by atoms with Gasteiger partial charge in [0.25, 0.3) is 0 Å². The molecule has 0 aromatic heterocycles. The van der Waals surface area contributed by atoms with Crippen molar-refractivity contribution >= 4 is 21.4 Å². The third kappa shape index (κ3) is 9.55. The second kappa shape index (κ2) is 13.6. The Bertz CT molecular complexity index is 255. The molecule has 0 aliphatic rings. The first-order chi connectivity index (χ1) is 9.74. The molecule has 1 rings (SSSR count). The first-order valence-electron chi connectivity index (χ1n) is 7.27. The lowest BCUT2D eigenvalue weighted by Crippen LogP contribution is -2.46. The van der Waals surface area contributed by atoms with Crippen molar-refractivity contribution in [2.75, 3.05) is 25.6 Å². The minimum atomic E-state index is -2.37. The zero-order chi connectivity index (χ0) is 15.1. The van der Waals surface area contributed by atoms with Crippen LogP contribution in [-0.4, -0.2) is 34.4 Å². The molecular formula is C15H28O3SSi. The molecule has 0 unspecified atom stereocenters. The second-order valence-electron chi connectivity index (χ2n) is 3.96. The van der Waals surface area contributed by atoms with Gasteiger partial charge in [-0.05, 0) is 32.9 Å². The van der Waals surface area contributed by atoms with Crippen LogP contribution in [0.3, 0.4) is 0 Å². The van der Waals surface area contributed by atoms with Crippen LogP contribution in [0.2, 0.25) is 6.04 Å². The van der Waals surface area contributed by atoms with E-state index in [9.17, 15) is 0 Å². The third-order valence-electron chi connectivity index (χ3n) is 2.40. The lowest BCUT2D eigenvalue weighted by atomic mass is 10.4. The Morgan fingerprint density at radius 3 is 1.35 bits per heavy atom. The van der Waals surface area contributed by atoms with Crippen LogP contribution in [0.5, 0.6) is 0 Å². The summed E-state index contributed by atoms with van der Waals surface area (Å²) < 4.78 is 17.0. The van der Waals surface area contributed by atoms with Crippen LogP contribution in [0.4, 0.5) is 0 Å². The predicted octanol–water partition coefficient (Wildman–Crippen LogP) is 4.04. The minimum Gasteiger partial charge on any atom is -0.374 e. The van der Waals surface area contributed by atoms with Crippen LogP contribution in [0.25, 0.3) is 0 Å². The standard InChI is InChI=1S/C9H22O3SSi.C6H6/c1-4-10-14(11-5-2,12-6-3)9-7-8-13;1-2-4-6-5-3-1/h13H,4-9H2,1-3H3;1-6H. The first kappa shape index (κ1) is 19.7. The molecule has 3 nitrogen and oxygen atoms in total. The van der Waals surface area contributed by atoms with Gasteiger partial charge < -0.3 is 13.3 Å².